The van der Waals surface area contributed by atoms with Crippen LogP contribution in [0.15, 0.2) is 48.1 Å². The Kier molecular flexibility index (Phi) is 5.57. The van der Waals surface area contributed by atoms with E-state index >= 15 is 0 Å². The number of aromatic nitrogens is 4. The Balaban J connectivity index is 1.45. The van der Waals surface area contributed by atoms with Crippen molar-refractivity contribution >= 4 is 45.7 Å². The number of halogens is 1. The molecule has 0 bridgehead atoms. The Morgan fingerprint density at radius 2 is 1.94 bits per heavy atom. The predicted octanol–water partition coefficient (Wildman–Crippen LogP) is 4.75. The molecular formula is C23H23ClN6OS. The fourth-order valence-electron chi connectivity index (χ4n) is 3.99. The predicted molar refractivity (Wildman–Crippen MR) is 129 cm³/mol. The lowest BCUT2D eigenvalue weighted by Crippen LogP contribution is -2.49. The first-order valence-corrected chi connectivity index (χ1v) is 11.8. The maximum atomic E-state index is 13.6. The molecule has 1 fully saturated rings. The second-order valence-electron chi connectivity index (χ2n) is 8.07. The molecule has 4 aromatic rings. The summed E-state index contributed by atoms with van der Waals surface area (Å²) >= 11 is 7.57. The second-order valence-corrected chi connectivity index (χ2v) is 9.45. The van der Waals surface area contributed by atoms with Gasteiger partial charge in [0.15, 0.2) is 5.65 Å². The van der Waals surface area contributed by atoms with Crippen LogP contribution >= 0.6 is 22.9 Å². The molecule has 1 aliphatic heterocycles. The van der Waals surface area contributed by atoms with Crippen molar-refractivity contribution in [2.24, 2.45) is 0 Å². The number of carbonyl (C=O) groups excluding carboxylic acids is 1. The van der Waals surface area contributed by atoms with Gasteiger partial charge in [0.2, 0.25) is 0 Å². The first-order chi connectivity index (χ1) is 15.5. The molecule has 0 unspecified atom stereocenters. The van der Waals surface area contributed by atoms with Crippen LogP contribution in [0, 0.1) is 0 Å². The third-order valence-electron chi connectivity index (χ3n) is 5.66. The zero-order valence-electron chi connectivity index (χ0n) is 17.9. The van der Waals surface area contributed by atoms with Gasteiger partial charge < -0.3 is 9.80 Å². The summed E-state index contributed by atoms with van der Waals surface area (Å²) in [6.45, 7) is 6.82. The van der Waals surface area contributed by atoms with Crippen molar-refractivity contribution in [3.63, 3.8) is 0 Å². The Morgan fingerprint density at radius 1 is 1.12 bits per heavy atom. The van der Waals surface area contributed by atoms with Crippen LogP contribution in [0.2, 0.25) is 5.02 Å². The van der Waals surface area contributed by atoms with Gasteiger partial charge in [-0.15, -0.1) is 11.3 Å². The summed E-state index contributed by atoms with van der Waals surface area (Å²) in [7, 11) is 0. The fraction of sp³-hybridized carbons (Fsp3) is 0.304. The second kappa shape index (κ2) is 8.52. The molecule has 0 aromatic carbocycles. The molecule has 164 valence electrons. The summed E-state index contributed by atoms with van der Waals surface area (Å²) in [5.74, 6) is 0.896. The molecule has 0 aliphatic carbocycles. The zero-order chi connectivity index (χ0) is 22.2. The Morgan fingerprint density at radius 3 is 2.59 bits per heavy atom. The zero-order valence-corrected chi connectivity index (χ0v) is 19.5. The van der Waals surface area contributed by atoms with E-state index in [0.717, 1.165) is 40.5 Å². The van der Waals surface area contributed by atoms with Gasteiger partial charge in [-0.1, -0.05) is 17.7 Å². The van der Waals surface area contributed by atoms with Gasteiger partial charge in [0, 0.05) is 38.4 Å². The highest BCUT2D eigenvalue weighted by atomic mass is 35.5. The number of rotatable bonds is 4. The van der Waals surface area contributed by atoms with E-state index in [-0.39, 0.29) is 11.9 Å². The van der Waals surface area contributed by atoms with E-state index in [0.29, 0.717) is 23.7 Å². The molecule has 9 heteroatoms. The molecule has 1 amide bonds. The van der Waals surface area contributed by atoms with Crippen LogP contribution in [0.25, 0.3) is 21.6 Å². The third kappa shape index (κ3) is 3.84. The SMILES string of the molecule is CC(C)n1ncc2c(C(=O)N3CCN(c4ccc(Cl)cn4)CC3)cc(-c3cccs3)nc21. The number of pyridine rings is 2. The van der Waals surface area contributed by atoms with Crippen molar-refractivity contribution in [2.75, 3.05) is 31.1 Å². The van der Waals surface area contributed by atoms with Gasteiger partial charge in [-0.05, 0) is 43.5 Å². The quantitative estimate of drug-likeness (QED) is 0.434. The summed E-state index contributed by atoms with van der Waals surface area (Å²) in [6.07, 6.45) is 3.42. The van der Waals surface area contributed by atoms with Gasteiger partial charge in [0.1, 0.15) is 5.82 Å². The first kappa shape index (κ1) is 20.9. The Labute approximate surface area is 195 Å². The van der Waals surface area contributed by atoms with Gasteiger partial charge in [0.25, 0.3) is 5.91 Å². The molecule has 1 aliphatic rings. The van der Waals surface area contributed by atoms with Crippen molar-refractivity contribution in [3.8, 4) is 10.6 Å². The van der Waals surface area contributed by atoms with Crippen molar-refractivity contribution < 1.29 is 4.79 Å². The van der Waals surface area contributed by atoms with Crippen LogP contribution in [0.4, 0.5) is 5.82 Å². The number of hydrogen-bond donors (Lipinski definition) is 0. The lowest BCUT2D eigenvalue weighted by Gasteiger charge is -2.35. The number of thiophene rings is 1. The highest BCUT2D eigenvalue weighted by molar-refractivity contribution is 7.13. The van der Waals surface area contributed by atoms with Gasteiger partial charge in [-0.3, -0.25) is 4.79 Å². The van der Waals surface area contributed by atoms with Crippen molar-refractivity contribution in [1.29, 1.82) is 0 Å². The van der Waals surface area contributed by atoms with E-state index in [9.17, 15) is 4.79 Å². The van der Waals surface area contributed by atoms with Crippen LogP contribution in [0.3, 0.4) is 0 Å². The molecule has 0 spiro atoms. The topological polar surface area (TPSA) is 67.2 Å². The summed E-state index contributed by atoms with van der Waals surface area (Å²) in [5, 5.41) is 7.96. The van der Waals surface area contributed by atoms with E-state index in [1.165, 1.54) is 0 Å². The first-order valence-electron chi connectivity index (χ1n) is 10.6. The van der Waals surface area contributed by atoms with Crippen LogP contribution in [-0.2, 0) is 0 Å². The number of hydrogen-bond acceptors (Lipinski definition) is 6. The number of carbonyl (C=O) groups is 1. The minimum absolute atomic E-state index is 0.0160. The molecule has 5 heterocycles. The van der Waals surface area contributed by atoms with Gasteiger partial charge >= 0.3 is 0 Å². The summed E-state index contributed by atoms with van der Waals surface area (Å²) in [4.78, 5) is 28.0. The van der Waals surface area contributed by atoms with Crippen LogP contribution in [0.1, 0.15) is 30.2 Å². The summed E-state index contributed by atoms with van der Waals surface area (Å²) in [5.41, 5.74) is 2.21. The molecule has 0 saturated carbocycles. The monoisotopic (exact) mass is 466 g/mol. The van der Waals surface area contributed by atoms with Gasteiger partial charge in [-0.2, -0.15) is 5.10 Å². The molecule has 0 radical (unpaired) electrons. The fourth-order valence-corrected chi connectivity index (χ4v) is 4.79. The lowest BCUT2D eigenvalue weighted by atomic mass is 10.1. The Bertz CT molecular complexity index is 1240. The molecule has 0 atom stereocenters. The minimum Gasteiger partial charge on any atom is -0.353 e. The maximum Gasteiger partial charge on any atom is 0.254 e. The normalized spacial score (nSPS) is 14.5. The van der Waals surface area contributed by atoms with E-state index in [2.05, 4.69) is 28.8 Å². The minimum atomic E-state index is 0.0160. The van der Waals surface area contributed by atoms with E-state index in [1.807, 2.05) is 45.3 Å². The number of fused-ring (bicyclic) bond motifs is 1. The summed E-state index contributed by atoms with van der Waals surface area (Å²) in [6, 6.07) is 9.85. The molecule has 5 rings (SSSR count). The molecule has 0 N–H and O–H groups in total. The van der Waals surface area contributed by atoms with Crippen LogP contribution in [0.5, 0.6) is 0 Å². The molecule has 32 heavy (non-hydrogen) atoms. The van der Waals surface area contributed by atoms with E-state index < -0.39 is 0 Å². The average Bonchev–Trinajstić information content (AvgIpc) is 3.49. The molecular weight excluding hydrogens is 444 g/mol. The standard InChI is InChI=1S/C23H23ClN6OS/c1-15(2)30-22-18(14-26-30)17(12-19(27-22)20-4-3-11-32-20)23(31)29-9-7-28(8-10-29)21-6-5-16(24)13-25-21/h3-6,11-15H,7-10H2,1-2H3. The van der Waals surface area contributed by atoms with Crippen molar-refractivity contribution in [1.82, 2.24) is 24.6 Å². The Hall–Kier alpha value is -2.97. The van der Waals surface area contributed by atoms with E-state index in [1.54, 1.807) is 23.7 Å². The smallest absolute Gasteiger partial charge is 0.254 e. The van der Waals surface area contributed by atoms with Crippen molar-refractivity contribution in [3.05, 3.63) is 58.7 Å². The highest BCUT2D eigenvalue weighted by Crippen LogP contribution is 2.30. The van der Waals surface area contributed by atoms with Gasteiger partial charge in [0.05, 0.1) is 32.7 Å². The number of anilines is 1. The number of nitrogens with zero attached hydrogens (tertiary/aromatic N) is 6. The number of piperazine rings is 1. The third-order valence-corrected chi connectivity index (χ3v) is 6.78. The maximum absolute atomic E-state index is 13.6. The molecule has 4 aromatic heterocycles. The molecule has 7 nitrogen and oxygen atoms in total. The largest absolute Gasteiger partial charge is 0.353 e. The lowest BCUT2D eigenvalue weighted by molar-refractivity contribution is 0.0748. The van der Waals surface area contributed by atoms with Gasteiger partial charge in [-0.25, -0.2) is 14.6 Å². The van der Waals surface area contributed by atoms with Crippen molar-refractivity contribution in [2.45, 2.75) is 19.9 Å². The highest BCUT2D eigenvalue weighted by Gasteiger charge is 2.26. The van der Waals surface area contributed by atoms with Crippen LogP contribution in [-0.4, -0.2) is 56.7 Å². The molecule has 1 saturated heterocycles. The summed E-state index contributed by atoms with van der Waals surface area (Å²) < 4.78 is 1.88. The van der Waals surface area contributed by atoms with Crippen LogP contribution < -0.4 is 4.90 Å². The number of amides is 1. The average molecular weight is 467 g/mol. The van der Waals surface area contributed by atoms with E-state index in [4.69, 9.17) is 16.6 Å².